The number of amides is 1. The van der Waals surface area contributed by atoms with E-state index >= 15 is 0 Å². The summed E-state index contributed by atoms with van der Waals surface area (Å²) in [6, 6.07) is 0.186. The molecule has 0 rings (SSSR count). The van der Waals surface area contributed by atoms with E-state index < -0.39 is 0 Å². The lowest BCUT2D eigenvalue weighted by Gasteiger charge is -2.30. The Kier molecular flexibility index (Phi) is 5.72. The first-order valence-corrected chi connectivity index (χ1v) is 5.07. The smallest absolute Gasteiger partial charge is 0.235 e. The van der Waals surface area contributed by atoms with Crippen molar-refractivity contribution in [1.82, 2.24) is 10.2 Å². The zero-order valence-corrected chi connectivity index (χ0v) is 9.87. The van der Waals surface area contributed by atoms with Crippen LogP contribution in [0.1, 0.15) is 20.8 Å². The Morgan fingerprint density at radius 3 is 2.21 bits per heavy atom. The van der Waals surface area contributed by atoms with Gasteiger partial charge >= 0.3 is 0 Å². The van der Waals surface area contributed by atoms with Crippen molar-refractivity contribution < 1.29 is 4.79 Å². The number of hydrogen-bond donors (Lipinski definition) is 2. The molecule has 14 heavy (non-hydrogen) atoms. The summed E-state index contributed by atoms with van der Waals surface area (Å²) in [5.74, 6) is 0.278. The van der Waals surface area contributed by atoms with Crippen molar-refractivity contribution in [3.05, 3.63) is 0 Å². The van der Waals surface area contributed by atoms with Gasteiger partial charge in [-0.25, -0.2) is 0 Å². The van der Waals surface area contributed by atoms with E-state index in [-0.39, 0.29) is 11.9 Å². The summed E-state index contributed by atoms with van der Waals surface area (Å²) in [5, 5.41) is 2.91. The molecule has 0 aromatic heterocycles. The van der Waals surface area contributed by atoms with E-state index in [1.807, 2.05) is 7.05 Å². The van der Waals surface area contributed by atoms with Crippen LogP contribution in [-0.4, -0.2) is 43.5 Å². The zero-order chi connectivity index (χ0) is 11.3. The molecule has 0 saturated heterocycles. The predicted molar refractivity (Wildman–Crippen MR) is 59.0 cm³/mol. The normalized spacial score (nSPS) is 15.9. The van der Waals surface area contributed by atoms with Gasteiger partial charge in [-0.05, 0) is 26.9 Å². The van der Waals surface area contributed by atoms with Crippen LogP contribution in [0.3, 0.4) is 0 Å². The summed E-state index contributed by atoms with van der Waals surface area (Å²) in [6.45, 7) is 7.14. The first-order chi connectivity index (χ1) is 6.40. The molecule has 0 spiro atoms. The van der Waals surface area contributed by atoms with Crippen LogP contribution in [0.15, 0.2) is 0 Å². The third-order valence-corrected chi connectivity index (χ3v) is 2.82. The third-order valence-electron chi connectivity index (χ3n) is 2.82. The van der Waals surface area contributed by atoms with Crippen molar-refractivity contribution >= 4 is 5.91 Å². The van der Waals surface area contributed by atoms with Crippen molar-refractivity contribution in [3.8, 4) is 0 Å². The Hall–Kier alpha value is -0.610. The quantitative estimate of drug-likeness (QED) is 0.638. The number of carbonyl (C=O) groups is 1. The van der Waals surface area contributed by atoms with E-state index in [0.717, 1.165) is 0 Å². The maximum absolute atomic E-state index is 11.0. The molecule has 0 aromatic rings. The SMILES string of the molecule is CNC(CN(C)C(C)C(C)C)C(N)=O. The predicted octanol–water partition coefficient (Wildman–Crippen LogP) is 0.0360. The Labute approximate surface area is 86.8 Å². The second-order valence-electron chi connectivity index (χ2n) is 4.17. The molecule has 0 aromatic carbocycles. The molecule has 0 aliphatic rings. The van der Waals surface area contributed by atoms with Gasteiger partial charge in [-0.2, -0.15) is 0 Å². The monoisotopic (exact) mass is 201 g/mol. The highest BCUT2D eigenvalue weighted by Gasteiger charge is 2.19. The van der Waals surface area contributed by atoms with Crippen LogP contribution < -0.4 is 11.1 Å². The molecule has 0 fully saturated rings. The van der Waals surface area contributed by atoms with Crippen molar-refractivity contribution in [2.24, 2.45) is 11.7 Å². The van der Waals surface area contributed by atoms with Gasteiger partial charge in [-0.3, -0.25) is 4.79 Å². The van der Waals surface area contributed by atoms with E-state index in [2.05, 4.69) is 31.0 Å². The lowest BCUT2D eigenvalue weighted by molar-refractivity contribution is -0.120. The minimum atomic E-state index is -0.296. The van der Waals surface area contributed by atoms with Crippen molar-refractivity contribution in [2.45, 2.75) is 32.9 Å². The van der Waals surface area contributed by atoms with Crippen LogP contribution in [0, 0.1) is 5.92 Å². The highest BCUT2D eigenvalue weighted by Crippen LogP contribution is 2.07. The Morgan fingerprint density at radius 1 is 1.43 bits per heavy atom. The van der Waals surface area contributed by atoms with Gasteiger partial charge in [0.05, 0.1) is 6.04 Å². The Bertz CT molecular complexity index is 182. The molecule has 1 amide bonds. The molecular formula is C10H23N3O. The maximum atomic E-state index is 11.0. The van der Waals surface area contributed by atoms with Crippen molar-refractivity contribution in [2.75, 3.05) is 20.6 Å². The number of likely N-dealkylation sites (N-methyl/N-ethyl adjacent to an activating group) is 2. The summed E-state index contributed by atoms with van der Waals surface area (Å²) in [7, 11) is 3.77. The minimum Gasteiger partial charge on any atom is -0.368 e. The van der Waals surface area contributed by atoms with Gasteiger partial charge in [0.15, 0.2) is 0 Å². The molecule has 0 bridgehead atoms. The van der Waals surface area contributed by atoms with Crippen LogP contribution in [-0.2, 0) is 4.79 Å². The molecular weight excluding hydrogens is 178 g/mol. The van der Waals surface area contributed by atoms with Crippen LogP contribution >= 0.6 is 0 Å². The van der Waals surface area contributed by atoms with E-state index in [1.54, 1.807) is 7.05 Å². The van der Waals surface area contributed by atoms with E-state index in [1.165, 1.54) is 0 Å². The number of rotatable bonds is 6. The van der Waals surface area contributed by atoms with Crippen molar-refractivity contribution in [3.63, 3.8) is 0 Å². The van der Waals surface area contributed by atoms with Gasteiger partial charge in [-0.15, -0.1) is 0 Å². The fraction of sp³-hybridized carbons (Fsp3) is 0.900. The third kappa shape index (κ3) is 4.07. The molecule has 4 heteroatoms. The average molecular weight is 201 g/mol. The lowest BCUT2D eigenvalue weighted by atomic mass is 10.0. The fourth-order valence-electron chi connectivity index (χ4n) is 1.29. The van der Waals surface area contributed by atoms with E-state index in [9.17, 15) is 4.79 Å². The number of hydrogen-bond acceptors (Lipinski definition) is 3. The molecule has 0 aliphatic carbocycles. The average Bonchev–Trinajstić information content (AvgIpc) is 2.11. The summed E-state index contributed by atoms with van der Waals surface area (Å²) in [5.41, 5.74) is 5.24. The molecule has 4 nitrogen and oxygen atoms in total. The highest BCUT2D eigenvalue weighted by molar-refractivity contribution is 5.80. The van der Waals surface area contributed by atoms with E-state index in [0.29, 0.717) is 18.5 Å². The fourth-order valence-corrected chi connectivity index (χ4v) is 1.29. The Balaban J connectivity index is 4.14. The number of nitrogens with one attached hydrogen (secondary N) is 1. The molecule has 0 saturated carbocycles. The van der Waals surface area contributed by atoms with E-state index in [4.69, 9.17) is 5.73 Å². The van der Waals surface area contributed by atoms with Crippen molar-refractivity contribution in [1.29, 1.82) is 0 Å². The molecule has 3 N–H and O–H groups in total. The number of nitrogens with zero attached hydrogens (tertiary/aromatic N) is 1. The summed E-state index contributed by atoms with van der Waals surface area (Å²) < 4.78 is 0. The number of primary amides is 1. The van der Waals surface area contributed by atoms with Crippen LogP contribution in [0.5, 0.6) is 0 Å². The van der Waals surface area contributed by atoms with Gasteiger partial charge in [0.25, 0.3) is 0 Å². The van der Waals surface area contributed by atoms with Crippen LogP contribution in [0.25, 0.3) is 0 Å². The van der Waals surface area contributed by atoms with Gasteiger partial charge in [0.2, 0.25) is 5.91 Å². The van der Waals surface area contributed by atoms with Gasteiger partial charge in [0.1, 0.15) is 0 Å². The maximum Gasteiger partial charge on any atom is 0.235 e. The van der Waals surface area contributed by atoms with Gasteiger partial charge in [-0.1, -0.05) is 13.8 Å². The molecule has 2 atom stereocenters. The molecule has 0 radical (unpaired) electrons. The zero-order valence-electron chi connectivity index (χ0n) is 9.87. The molecule has 0 heterocycles. The lowest BCUT2D eigenvalue weighted by Crippen LogP contribution is -2.49. The van der Waals surface area contributed by atoms with Crippen LogP contribution in [0.2, 0.25) is 0 Å². The summed E-state index contributed by atoms with van der Waals surface area (Å²) in [4.78, 5) is 13.1. The number of carbonyl (C=O) groups excluding carboxylic acids is 1. The Morgan fingerprint density at radius 2 is 1.93 bits per heavy atom. The standard InChI is InChI=1S/C10H23N3O/c1-7(2)8(3)13(5)6-9(12-4)10(11)14/h7-9,12H,6H2,1-5H3,(H2,11,14). The summed E-state index contributed by atoms with van der Waals surface area (Å²) in [6.07, 6.45) is 0. The topological polar surface area (TPSA) is 58.4 Å². The molecule has 0 aliphatic heterocycles. The first-order valence-electron chi connectivity index (χ1n) is 5.07. The van der Waals surface area contributed by atoms with Gasteiger partial charge < -0.3 is 16.0 Å². The second-order valence-corrected chi connectivity index (χ2v) is 4.17. The van der Waals surface area contributed by atoms with Crippen LogP contribution in [0.4, 0.5) is 0 Å². The van der Waals surface area contributed by atoms with Gasteiger partial charge in [0, 0.05) is 12.6 Å². The summed E-state index contributed by atoms with van der Waals surface area (Å²) >= 11 is 0. The largest absolute Gasteiger partial charge is 0.368 e. The molecule has 84 valence electrons. The minimum absolute atomic E-state index is 0.263. The second kappa shape index (κ2) is 5.98. The number of nitrogens with two attached hydrogens (primary N) is 1. The first kappa shape index (κ1) is 13.4. The highest BCUT2D eigenvalue weighted by atomic mass is 16.1. The molecule has 2 unspecified atom stereocenters.